The number of aromatic nitrogens is 2. The minimum atomic E-state index is -4.03. The summed E-state index contributed by atoms with van der Waals surface area (Å²) in [6.45, 7) is 0.648. The first-order valence-electron chi connectivity index (χ1n) is 7.25. The van der Waals surface area contributed by atoms with Crippen molar-refractivity contribution >= 4 is 5.52 Å². The molecule has 0 spiro atoms. The Morgan fingerprint density at radius 2 is 1.95 bits per heavy atom. The van der Waals surface area contributed by atoms with Gasteiger partial charge in [-0.15, -0.1) is 0 Å². The van der Waals surface area contributed by atoms with Gasteiger partial charge >= 0.3 is 6.18 Å². The van der Waals surface area contributed by atoms with E-state index in [1.807, 2.05) is 30.6 Å². The maximum absolute atomic E-state index is 12.6. The molecule has 1 fully saturated rings. The van der Waals surface area contributed by atoms with Crippen LogP contribution < -0.4 is 5.32 Å². The molecule has 2 aromatic rings. The summed E-state index contributed by atoms with van der Waals surface area (Å²) in [6, 6.07) is 6.03. The zero-order chi connectivity index (χ0) is 14.9. The van der Waals surface area contributed by atoms with E-state index < -0.39 is 12.1 Å². The largest absolute Gasteiger partial charge is 0.391 e. The lowest BCUT2D eigenvalue weighted by atomic mass is 9.85. The van der Waals surface area contributed by atoms with Gasteiger partial charge in [-0.2, -0.15) is 18.3 Å². The molecule has 0 amide bonds. The molecule has 1 N–H and O–H groups in total. The Hall–Kier alpha value is -1.56. The van der Waals surface area contributed by atoms with E-state index >= 15 is 0 Å². The average Bonchev–Trinajstić information content (AvgIpc) is 2.88. The Morgan fingerprint density at radius 3 is 2.67 bits per heavy atom. The fourth-order valence-corrected chi connectivity index (χ4v) is 3.00. The summed E-state index contributed by atoms with van der Waals surface area (Å²) in [7, 11) is 0. The number of fused-ring (bicyclic) bond motifs is 1. The number of hydrogen-bond donors (Lipinski definition) is 1. The van der Waals surface area contributed by atoms with Crippen molar-refractivity contribution < 1.29 is 13.2 Å². The smallest absolute Gasteiger partial charge is 0.310 e. The van der Waals surface area contributed by atoms with Crippen LogP contribution in [0.5, 0.6) is 0 Å². The van der Waals surface area contributed by atoms with Crippen molar-refractivity contribution in [3.05, 3.63) is 36.2 Å². The van der Waals surface area contributed by atoms with Crippen LogP contribution >= 0.6 is 0 Å². The zero-order valence-corrected chi connectivity index (χ0v) is 11.6. The third-order valence-electron chi connectivity index (χ3n) is 4.28. The molecule has 0 bridgehead atoms. The highest BCUT2D eigenvalue weighted by Crippen LogP contribution is 2.37. The molecule has 2 aromatic heterocycles. The second kappa shape index (κ2) is 5.67. The van der Waals surface area contributed by atoms with Gasteiger partial charge in [0.2, 0.25) is 0 Å². The van der Waals surface area contributed by atoms with Gasteiger partial charge in [0.25, 0.3) is 0 Å². The van der Waals surface area contributed by atoms with Crippen LogP contribution in [0.4, 0.5) is 13.2 Å². The van der Waals surface area contributed by atoms with E-state index in [0.29, 0.717) is 19.4 Å². The van der Waals surface area contributed by atoms with Gasteiger partial charge in [-0.25, -0.2) is 4.52 Å². The minimum absolute atomic E-state index is 0.169. The third kappa shape index (κ3) is 3.20. The van der Waals surface area contributed by atoms with Crippen LogP contribution in [0.1, 0.15) is 31.2 Å². The van der Waals surface area contributed by atoms with Crippen molar-refractivity contribution in [3.8, 4) is 0 Å². The van der Waals surface area contributed by atoms with Gasteiger partial charge in [0.05, 0.1) is 17.6 Å². The van der Waals surface area contributed by atoms with Crippen molar-refractivity contribution in [2.45, 2.75) is 44.4 Å². The SMILES string of the molecule is FC(F)(F)C1CCC(NCc2cnn3ccccc23)CC1. The average molecular weight is 297 g/mol. The second-order valence-electron chi connectivity index (χ2n) is 5.67. The summed E-state index contributed by atoms with van der Waals surface area (Å²) < 4.78 is 39.7. The van der Waals surface area contributed by atoms with Gasteiger partial charge in [0, 0.05) is 24.3 Å². The van der Waals surface area contributed by atoms with Crippen molar-refractivity contribution in [2.75, 3.05) is 0 Å². The van der Waals surface area contributed by atoms with Gasteiger partial charge in [0.15, 0.2) is 0 Å². The van der Waals surface area contributed by atoms with Gasteiger partial charge < -0.3 is 5.32 Å². The number of alkyl halides is 3. The highest BCUT2D eigenvalue weighted by Gasteiger charge is 2.41. The Morgan fingerprint density at radius 1 is 1.19 bits per heavy atom. The molecule has 3 nitrogen and oxygen atoms in total. The summed E-state index contributed by atoms with van der Waals surface area (Å²) in [5, 5.41) is 7.62. The molecule has 2 heterocycles. The van der Waals surface area contributed by atoms with Crippen LogP contribution in [-0.4, -0.2) is 21.8 Å². The summed E-state index contributed by atoms with van der Waals surface area (Å²) in [4.78, 5) is 0. The summed E-state index contributed by atoms with van der Waals surface area (Å²) in [5.74, 6) is -1.12. The highest BCUT2D eigenvalue weighted by molar-refractivity contribution is 5.53. The summed E-state index contributed by atoms with van der Waals surface area (Å²) in [5.41, 5.74) is 2.11. The van der Waals surface area contributed by atoms with Crippen LogP contribution in [0.25, 0.3) is 5.52 Å². The number of hydrogen-bond acceptors (Lipinski definition) is 2. The minimum Gasteiger partial charge on any atom is -0.310 e. The molecule has 0 radical (unpaired) electrons. The molecule has 3 rings (SSSR count). The van der Waals surface area contributed by atoms with Gasteiger partial charge in [-0.1, -0.05) is 6.07 Å². The Bertz CT molecular complexity index is 597. The van der Waals surface area contributed by atoms with Crippen LogP contribution in [0.15, 0.2) is 30.6 Å². The molecule has 1 aliphatic rings. The first kappa shape index (κ1) is 14.4. The van der Waals surface area contributed by atoms with E-state index in [-0.39, 0.29) is 18.9 Å². The lowest BCUT2D eigenvalue weighted by Gasteiger charge is -2.30. The van der Waals surface area contributed by atoms with E-state index in [0.717, 1.165) is 11.1 Å². The Labute approximate surface area is 121 Å². The van der Waals surface area contributed by atoms with Crippen LogP contribution in [0, 0.1) is 5.92 Å². The third-order valence-corrected chi connectivity index (χ3v) is 4.28. The van der Waals surface area contributed by atoms with Crippen LogP contribution in [0.3, 0.4) is 0 Å². The molecular formula is C15H18F3N3. The molecule has 1 saturated carbocycles. The molecule has 0 saturated heterocycles. The zero-order valence-electron chi connectivity index (χ0n) is 11.6. The summed E-state index contributed by atoms with van der Waals surface area (Å²) in [6.07, 6.45) is 1.29. The lowest BCUT2D eigenvalue weighted by molar-refractivity contribution is -0.182. The predicted molar refractivity (Wildman–Crippen MR) is 73.8 cm³/mol. The monoisotopic (exact) mass is 297 g/mol. The molecular weight excluding hydrogens is 279 g/mol. The van der Waals surface area contributed by atoms with Gasteiger partial charge in [-0.05, 0) is 37.8 Å². The number of pyridine rings is 1. The maximum Gasteiger partial charge on any atom is 0.391 e. The fourth-order valence-electron chi connectivity index (χ4n) is 3.00. The standard InChI is InChI=1S/C15H18F3N3/c16-15(17,18)12-4-6-13(7-5-12)19-9-11-10-20-21-8-2-1-3-14(11)21/h1-3,8,10,12-13,19H,4-7,9H2. The number of halogens is 3. The Balaban J connectivity index is 1.55. The number of rotatable bonds is 3. The van der Waals surface area contributed by atoms with Gasteiger partial charge in [0.1, 0.15) is 0 Å². The van der Waals surface area contributed by atoms with E-state index in [9.17, 15) is 13.2 Å². The van der Waals surface area contributed by atoms with E-state index in [1.165, 1.54) is 0 Å². The van der Waals surface area contributed by atoms with E-state index in [4.69, 9.17) is 0 Å². The quantitative estimate of drug-likeness (QED) is 0.939. The number of nitrogens with one attached hydrogen (secondary N) is 1. The first-order chi connectivity index (χ1) is 10.0. The lowest BCUT2D eigenvalue weighted by Crippen LogP contribution is -2.36. The normalized spacial score (nSPS) is 23.6. The molecule has 21 heavy (non-hydrogen) atoms. The molecule has 0 aliphatic heterocycles. The van der Waals surface area contributed by atoms with E-state index in [1.54, 1.807) is 4.52 Å². The van der Waals surface area contributed by atoms with Crippen molar-refractivity contribution in [3.63, 3.8) is 0 Å². The molecule has 1 aliphatic carbocycles. The van der Waals surface area contributed by atoms with Crippen molar-refractivity contribution in [1.82, 2.24) is 14.9 Å². The number of nitrogens with zero attached hydrogens (tertiary/aromatic N) is 2. The molecule has 0 atom stereocenters. The second-order valence-corrected chi connectivity index (χ2v) is 5.67. The predicted octanol–water partition coefficient (Wildman–Crippen LogP) is 3.55. The molecule has 114 valence electrons. The highest BCUT2D eigenvalue weighted by atomic mass is 19.4. The first-order valence-corrected chi connectivity index (χ1v) is 7.25. The molecule has 6 heteroatoms. The Kier molecular flexibility index (Phi) is 3.89. The van der Waals surface area contributed by atoms with Crippen molar-refractivity contribution in [2.24, 2.45) is 5.92 Å². The molecule has 0 unspecified atom stereocenters. The van der Waals surface area contributed by atoms with E-state index in [2.05, 4.69) is 10.4 Å². The van der Waals surface area contributed by atoms with Crippen LogP contribution in [0.2, 0.25) is 0 Å². The van der Waals surface area contributed by atoms with Gasteiger partial charge in [-0.3, -0.25) is 0 Å². The molecule has 0 aromatic carbocycles. The van der Waals surface area contributed by atoms with Crippen molar-refractivity contribution in [1.29, 1.82) is 0 Å². The topological polar surface area (TPSA) is 29.3 Å². The maximum atomic E-state index is 12.6. The summed E-state index contributed by atoms with van der Waals surface area (Å²) >= 11 is 0. The fraction of sp³-hybridized carbons (Fsp3) is 0.533. The van der Waals surface area contributed by atoms with Crippen LogP contribution in [-0.2, 0) is 6.54 Å².